The summed E-state index contributed by atoms with van der Waals surface area (Å²) < 4.78 is 5.13. The van der Waals surface area contributed by atoms with E-state index in [0.717, 1.165) is 31.0 Å². The van der Waals surface area contributed by atoms with Crippen molar-refractivity contribution in [3.8, 4) is 0 Å². The van der Waals surface area contributed by atoms with Crippen LogP contribution in [0.4, 0.5) is 0 Å². The normalized spacial score (nSPS) is 12.7. The third-order valence-corrected chi connectivity index (χ3v) is 2.83. The van der Waals surface area contributed by atoms with Gasteiger partial charge in [0.05, 0.1) is 6.61 Å². The van der Waals surface area contributed by atoms with Crippen molar-refractivity contribution in [2.24, 2.45) is 0 Å². The molecule has 90 valence electrons. The van der Waals surface area contributed by atoms with E-state index in [1.165, 1.54) is 5.56 Å². The van der Waals surface area contributed by atoms with Crippen LogP contribution in [0.2, 0.25) is 5.02 Å². The van der Waals surface area contributed by atoms with E-state index in [1.807, 2.05) is 18.2 Å². The van der Waals surface area contributed by atoms with Gasteiger partial charge >= 0.3 is 0 Å². The number of hydrogen-bond donors (Lipinski definition) is 1. The van der Waals surface area contributed by atoms with Crippen LogP contribution in [0.5, 0.6) is 0 Å². The minimum absolute atomic E-state index is 0.448. The summed E-state index contributed by atoms with van der Waals surface area (Å²) in [5, 5.41) is 4.28. The van der Waals surface area contributed by atoms with Gasteiger partial charge < -0.3 is 10.1 Å². The number of rotatable bonds is 7. The predicted molar refractivity (Wildman–Crippen MR) is 69.1 cm³/mol. The Bertz CT molecular complexity index is 304. The Morgan fingerprint density at radius 1 is 1.44 bits per heavy atom. The van der Waals surface area contributed by atoms with Crippen molar-refractivity contribution in [2.45, 2.75) is 25.8 Å². The van der Waals surface area contributed by atoms with Gasteiger partial charge in [0.1, 0.15) is 0 Å². The van der Waals surface area contributed by atoms with E-state index in [9.17, 15) is 0 Å². The van der Waals surface area contributed by atoms with Crippen molar-refractivity contribution in [3.05, 3.63) is 34.9 Å². The Labute approximate surface area is 103 Å². The van der Waals surface area contributed by atoms with Crippen LogP contribution in [-0.2, 0) is 11.2 Å². The first-order valence-corrected chi connectivity index (χ1v) is 6.10. The second-order valence-corrected chi connectivity index (χ2v) is 4.33. The topological polar surface area (TPSA) is 21.3 Å². The largest absolute Gasteiger partial charge is 0.383 e. The molecule has 0 spiro atoms. The fourth-order valence-electron chi connectivity index (χ4n) is 1.64. The summed E-state index contributed by atoms with van der Waals surface area (Å²) in [4.78, 5) is 0. The summed E-state index contributed by atoms with van der Waals surface area (Å²) >= 11 is 5.92. The smallest absolute Gasteiger partial charge is 0.0615 e. The van der Waals surface area contributed by atoms with E-state index in [0.29, 0.717) is 6.04 Å². The van der Waals surface area contributed by atoms with Gasteiger partial charge in [0.15, 0.2) is 0 Å². The fourth-order valence-corrected chi connectivity index (χ4v) is 1.85. The molecule has 2 nitrogen and oxygen atoms in total. The van der Waals surface area contributed by atoms with Gasteiger partial charge in [-0.25, -0.2) is 0 Å². The van der Waals surface area contributed by atoms with Crippen LogP contribution in [0.25, 0.3) is 0 Å². The molecule has 1 N–H and O–H groups in total. The van der Waals surface area contributed by atoms with Crippen LogP contribution in [0.3, 0.4) is 0 Å². The molecule has 1 atom stereocenters. The lowest BCUT2D eigenvalue weighted by Gasteiger charge is -2.15. The molecule has 0 bridgehead atoms. The highest BCUT2D eigenvalue weighted by Crippen LogP contribution is 2.10. The Morgan fingerprint density at radius 2 is 2.25 bits per heavy atom. The first kappa shape index (κ1) is 13.5. The SMILES string of the molecule is CCC(COC)NCCc1cccc(Cl)c1. The monoisotopic (exact) mass is 241 g/mol. The van der Waals surface area contributed by atoms with Gasteiger partial charge in [0, 0.05) is 18.2 Å². The van der Waals surface area contributed by atoms with E-state index in [1.54, 1.807) is 7.11 Å². The fraction of sp³-hybridized carbons (Fsp3) is 0.538. The van der Waals surface area contributed by atoms with Crippen molar-refractivity contribution in [1.29, 1.82) is 0 Å². The first-order valence-electron chi connectivity index (χ1n) is 5.73. The van der Waals surface area contributed by atoms with E-state index in [-0.39, 0.29) is 0 Å². The number of halogens is 1. The second-order valence-electron chi connectivity index (χ2n) is 3.89. The molecule has 0 saturated carbocycles. The molecule has 3 heteroatoms. The van der Waals surface area contributed by atoms with Crippen LogP contribution >= 0.6 is 11.6 Å². The molecule has 0 saturated heterocycles. The third kappa shape index (κ3) is 4.97. The molecule has 0 heterocycles. The zero-order chi connectivity index (χ0) is 11.8. The van der Waals surface area contributed by atoms with Gasteiger partial charge in [-0.1, -0.05) is 30.7 Å². The maximum absolute atomic E-state index is 5.92. The molecule has 16 heavy (non-hydrogen) atoms. The summed E-state index contributed by atoms with van der Waals surface area (Å²) in [5.74, 6) is 0. The van der Waals surface area contributed by atoms with Gasteiger partial charge in [-0.3, -0.25) is 0 Å². The molecule has 0 aliphatic rings. The summed E-state index contributed by atoms with van der Waals surface area (Å²) in [6.45, 7) is 3.89. The zero-order valence-corrected chi connectivity index (χ0v) is 10.8. The lowest BCUT2D eigenvalue weighted by atomic mass is 10.1. The van der Waals surface area contributed by atoms with Crippen LogP contribution in [-0.4, -0.2) is 26.3 Å². The maximum Gasteiger partial charge on any atom is 0.0615 e. The highest BCUT2D eigenvalue weighted by molar-refractivity contribution is 6.30. The molecule has 0 amide bonds. The molecule has 1 unspecified atom stereocenters. The molecule has 0 fully saturated rings. The molecule has 0 aromatic heterocycles. The highest BCUT2D eigenvalue weighted by Gasteiger charge is 2.03. The van der Waals surface area contributed by atoms with Crippen molar-refractivity contribution >= 4 is 11.6 Å². The van der Waals surface area contributed by atoms with E-state index >= 15 is 0 Å². The summed E-state index contributed by atoms with van der Waals surface area (Å²) in [5.41, 5.74) is 1.27. The highest BCUT2D eigenvalue weighted by atomic mass is 35.5. The number of hydrogen-bond acceptors (Lipinski definition) is 2. The molecule has 0 aliphatic carbocycles. The molecule has 1 aromatic carbocycles. The van der Waals surface area contributed by atoms with Crippen molar-refractivity contribution in [3.63, 3.8) is 0 Å². The number of nitrogens with one attached hydrogen (secondary N) is 1. The van der Waals surface area contributed by atoms with Crippen LogP contribution < -0.4 is 5.32 Å². The van der Waals surface area contributed by atoms with Crippen molar-refractivity contribution in [1.82, 2.24) is 5.32 Å². The molecular weight excluding hydrogens is 222 g/mol. The quantitative estimate of drug-likeness (QED) is 0.793. The summed E-state index contributed by atoms with van der Waals surface area (Å²) in [6.07, 6.45) is 2.09. The first-order chi connectivity index (χ1) is 7.76. The minimum atomic E-state index is 0.448. The van der Waals surface area contributed by atoms with E-state index < -0.39 is 0 Å². The average Bonchev–Trinajstić information content (AvgIpc) is 2.28. The Hall–Kier alpha value is -0.570. The Balaban J connectivity index is 2.29. The van der Waals surface area contributed by atoms with Gasteiger partial charge in [-0.05, 0) is 37.1 Å². The Morgan fingerprint density at radius 3 is 2.88 bits per heavy atom. The minimum Gasteiger partial charge on any atom is -0.383 e. The number of ether oxygens (including phenoxy) is 1. The standard InChI is InChI=1S/C13H20ClNO/c1-3-13(10-16-2)15-8-7-11-5-4-6-12(14)9-11/h4-6,9,13,15H,3,7-8,10H2,1-2H3. The van der Waals surface area contributed by atoms with Crippen molar-refractivity contribution in [2.75, 3.05) is 20.3 Å². The van der Waals surface area contributed by atoms with Gasteiger partial charge in [-0.15, -0.1) is 0 Å². The zero-order valence-electron chi connectivity index (χ0n) is 10.0. The van der Waals surface area contributed by atoms with Gasteiger partial charge in [0.25, 0.3) is 0 Å². The lowest BCUT2D eigenvalue weighted by molar-refractivity contribution is 0.165. The lowest BCUT2D eigenvalue weighted by Crippen LogP contribution is -2.34. The van der Waals surface area contributed by atoms with E-state index in [2.05, 4.69) is 18.3 Å². The predicted octanol–water partition coefficient (Wildman–Crippen LogP) is 2.90. The third-order valence-electron chi connectivity index (χ3n) is 2.60. The summed E-state index contributed by atoms with van der Waals surface area (Å²) in [7, 11) is 1.74. The molecule has 0 aliphatic heterocycles. The van der Waals surface area contributed by atoms with Crippen LogP contribution in [0, 0.1) is 0 Å². The number of benzene rings is 1. The van der Waals surface area contributed by atoms with Gasteiger partial charge in [-0.2, -0.15) is 0 Å². The van der Waals surface area contributed by atoms with E-state index in [4.69, 9.17) is 16.3 Å². The second kappa shape index (κ2) is 7.66. The molecule has 1 aromatic rings. The molecular formula is C13H20ClNO. The summed E-state index contributed by atoms with van der Waals surface area (Å²) in [6, 6.07) is 8.46. The Kier molecular flexibility index (Phi) is 6.46. The maximum atomic E-state index is 5.92. The van der Waals surface area contributed by atoms with Gasteiger partial charge in [0.2, 0.25) is 0 Å². The average molecular weight is 242 g/mol. The number of methoxy groups -OCH3 is 1. The van der Waals surface area contributed by atoms with Crippen LogP contribution in [0.1, 0.15) is 18.9 Å². The van der Waals surface area contributed by atoms with Crippen molar-refractivity contribution < 1.29 is 4.74 Å². The molecule has 0 radical (unpaired) electrons. The molecule has 1 rings (SSSR count). The van der Waals surface area contributed by atoms with Crippen LogP contribution in [0.15, 0.2) is 24.3 Å².